The van der Waals surface area contributed by atoms with Crippen LogP contribution in [0.5, 0.6) is 0 Å². The van der Waals surface area contributed by atoms with Crippen molar-refractivity contribution in [3.8, 4) is 6.07 Å². The number of hydrogen-bond acceptors (Lipinski definition) is 3. The zero-order chi connectivity index (χ0) is 13.5. The number of amides is 1. The summed E-state index contributed by atoms with van der Waals surface area (Å²) in [5.41, 5.74) is 1.00. The van der Waals surface area contributed by atoms with Crippen LogP contribution in [0.25, 0.3) is 0 Å². The molecule has 1 aromatic heterocycles. The molecule has 0 aliphatic carbocycles. The van der Waals surface area contributed by atoms with E-state index in [1.165, 1.54) is 0 Å². The molecule has 0 spiro atoms. The predicted octanol–water partition coefficient (Wildman–Crippen LogP) is 1.57. The van der Waals surface area contributed by atoms with Crippen LogP contribution in [0.4, 0.5) is 0 Å². The van der Waals surface area contributed by atoms with Gasteiger partial charge in [0.1, 0.15) is 0 Å². The summed E-state index contributed by atoms with van der Waals surface area (Å²) >= 11 is 0. The van der Waals surface area contributed by atoms with Crippen LogP contribution in [0.3, 0.4) is 0 Å². The van der Waals surface area contributed by atoms with Gasteiger partial charge in [0.2, 0.25) is 0 Å². The zero-order valence-electron chi connectivity index (χ0n) is 10.4. The monoisotopic (exact) mass is 254 g/mol. The summed E-state index contributed by atoms with van der Waals surface area (Å²) in [4.78, 5) is 11.8. The summed E-state index contributed by atoms with van der Waals surface area (Å²) in [5, 5.41) is 15.7. The Morgan fingerprint density at radius 3 is 3.05 bits per heavy atom. The maximum absolute atomic E-state index is 11.8. The summed E-state index contributed by atoms with van der Waals surface area (Å²) < 4.78 is 1.82. The van der Waals surface area contributed by atoms with Crippen molar-refractivity contribution in [3.63, 3.8) is 0 Å². The Morgan fingerprint density at radius 2 is 2.32 bits per heavy atom. The maximum atomic E-state index is 11.8. The van der Waals surface area contributed by atoms with Crippen LogP contribution in [0.1, 0.15) is 22.3 Å². The largest absolute Gasteiger partial charge is 0.352 e. The van der Waals surface area contributed by atoms with E-state index in [2.05, 4.69) is 10.4 Å². The van der Waals surface area contributed by atoms with Crippen molar-refractivity contribution in [2.24, 2.45) is 0 Å². The van der Waals surface area contributed by atoms with Gasteiger partial charge in [-0.2, -0.15) is 10.4 Å². The van der Waals surface area contributed by atoms with Gasteiger partial charge in [0, 0.05) is 31.0 Å². The molecule has 96 valence electrons. The molecule has 0 bridgehead atoms. The molecule has 5 heteroatoms. The van der Waals surface area contributed by atoms with Crippen LogP contribution in [0.15, 0.2) is 42.7 Å². The van der Waals surface area contributed by atoms with Gasteiger partial charge in [-0.1, -0.05) is 6.07 Å². The van der Waals surface area contributed by atoms with Crippen molar-refractivity contribution in [1.29, 1.82) is 5.26 Å². The molecule has 2 aromatic rings. The predicted molar refractivity (Wildman–Crippen MR) is 70.3 cm³/mol. The van der Waals surface area contributed by atoms with Crippen molar-refractivity contribution in [1.82, 2.24) is 15.1 Å². The van der Waals surface area contributed by atoms with Crippen molar-refractivity contribution in [2.45, 2.75) is 13.0 Å². The summed E-state index contributed by atoms with van der Waals surface area (Å²) in [6.45, 7) is 1.35. The first-order chi connectivity index (χ1) is 9.29. The average Bonchev–Trinajstić information content (AvgIpc) is 2.96. The fourth-order valence-corrected chi connectivity index (χ4v) is 1.71. The molecule has 0 aliphatic rings. The molecule has 1 aromatic carbocycles. The Hall–Kier alpha value is -2.61. The lowest BCUT2D eigenvalue weighted by Gasteiger charge is -2.05. The second kappa shape index (κ2) is 6.36. The third kappa shape index (κ3) is 3.68. The summed E-state index contributed by atoms with van der Waals surface area (Å²) in [5.74, 6) is -0.155. The molecule has 1 amide bonds. The van der Waals surface area contributed by atoms with Gasteiger partial charge in [-0.05, 0) is 30.7 Å². The quantitative estimate of drug-likeness (QED) is 0.823. The highest BCUT2D eigenvalue weighted by Crippen LogP contribution is 2.03. The second-order valence-corrected chi connectivity index (χ2v) is 4.07. The number of carbonyl (C=O) groups excluding carboxylic acids is 1. The lowest BCUT2D eigenvalue weighted by Crippen LogP contribution is -2.25. The Kier molecular flexibility index (Phi) is 4.29. The molecule has 1 N–H and O–H groups in total. The van der Waals surface area contributed by atoms with Gasteiger partial charge in [-0.25, -0.2) is 0 Å². The molecular weight excluding hydrogens is 240 g/mol. The number of rotatable bonds is 5. The number of benzene rings is 1. The van der Waals surface area contributed by atoms with Gasteiger partial charge >= 0.3 is 0 Å². The van der Waals surface area contributed by atoms with E-state index in [4.69, 9.17) is 5.26 Å². The van der Waals surface area contributed by atoms with Crippen LogP contribution in [-0.2, 0) is 6.54 Å². The van der Waals surface area contributed by atoms with Crippen molar-refractivity contribution in [2.75, 3.05) is 6.54 Å². The molecule has 0 radical (unpaired) electrons. The van der Waals surface area contributed by atoms with E-state index in [0.717, 1.165) is 13.0 Å². The lowest BCUT2D eigenvalue weighted by atomic mass is 10.1. The van der Waals surface area contributed by atoms with E-state index in [1.54, 1.807) is 30.5 Å². The third-order valence-corrected chi connectivity index (χ3v) is 2.66. The smallest absolute Gasteiger partial charge is 0.251 e. The van der Waals surface area contributed by atoms with E-state index in [1.807, 2.05) is 23.0 Å². The van der Waals surface area contributed by atoms with E-state index in [-0.39, 0.29) is 5.91 Å². The third-order valence-electron chi connectivity index (χ3n) is 2.66. The lowest BCUT2D eigenvalue weighted by molar-refractivity contribution is 0.0952. The first kappa shape index (κ1) is 12.8. The van der Waals surface area contributed by atoms with E-state index >= 15 is 0 Å². The van der Waals surface area contributed by atoms with Crippen molar-refractivity contribution < 1.29 is 4.79 Å². The number of nitrogens with one attached hydrogen (secondary N) is 1. The number of hydrogen-bond donors (Lipinski definition) is 1. The summed E-state index contributed by atoms with van der Waals surface area (Å²) in [7, 11) is 0. The van der Waals surface area contributed by atoms with Crippen LogP contribution >= 0.6 is 0 Å². The zero-order valence-corrected chi connectivity index (χ0v) is 10.4. The molecular formula is C14H14N4O. The molecule has 5 nitrogen and oxygen atoms in total. The van der Waals surface area contributed by atoms with Gasteiger partial charge in [-0.15, -0.1) is 0 Å². The normalized spacial score (nSPS) is 9.84. The molecule has 19 heavy (non-hydrogen) atoms. The number of aryl methyl sites for hydroxylation is 1. The van der Waals surface area contributed by atoms with Gasteiger partial charge < -0.3 is 5.32 Å². The molecule has 2 rings (SSSR count). The van der Waals surface area contributed by atoms with E-state index in [0.29, 0.717) is 17.7 Å². The second-order valence-electron chi connectivity index (χ2n) is 4.07. The number of nitrogens with zero attached hydrogens (tertiary/aromatic N) is 3. The highest BCUT2D eigenvalue weighted by molar-refractivity contribution is 5.94. The van der Waals surface area contributed by atoms with Gasteiger partial charge in [0.25, 0.3) is 5.91 Å². The Morgan fingerprint density at radius 1 is 1.42 bits per heavy atom. The molecule has 1 heterocycles. The Balaban J connectivity index is 1.79. The molecule has 0 aliphatic heterocycles. The van der Waals surface area contributed by atoms with Gasteiger partial charge in [-0.3, -0.25) is 9.48 Å². The number of aromatic nitrogens is 2. The van der Waals surface area contributed by atoms with Crippen LogP contribution in [-0.4, -0.2) is 22.2 Å². The first-order valence-corrected chi connectivity index (χ1v) is 6.05. The SMILES string of the molecule is N#Cc1cccc(C(=O)NCCCn2cccn2)c1. The fraction of sp³-hybridized carbons (Fsp3) is 0.214. The molecule has 0 fully saturated rings. The van der Waals surface area contributed by atoms with E-state index in [9.17, 15) is 4.79 Å². The minimum atomic E-state index is -0.155. The standard InChI is InChI=1S/C14H14N4O/c15-11-12-4-1-5-13(10-12)14(19)16-6-2-8-18-9-3-7-17-18/h1,3-5,7,9-10H,2,6,8H2,(H,16,19). The van der Waals surface area contributed by atoms with E-state index < -0.39 is 0 Å². The maximum Gasteiger partial charge on any atom is 0.251 e. The van der Waals surface area contributed by atoms with Crippen LogP contribution < -0.4 is 5.32 Å². The minimum absolute atomic E-state index is 0.155. The number of nitriles is 1. The Labute approximate surface area is 111 Å². The molecule has 0 saturated carbocycles. The summed E-state index contributed by atoms with van der Waals surface area (Å²) in [6.07, 6.45) is 4.43. The minimum Gasteiger partial charge on any atom is -0.352 e. The number of carbonyl (C=O) groups is 1. The van der Waals surface area contributed by atoms with Crippen LogP contribution in [0, 0.1) is 11.3 Å². The Bertz CT molecular complexity index is 584. The highest BCUT2D eigenvalue weighted by atomic mass is 16.1. The average molecular weight is 254 g/mol. The van der Waals surface area contributed by atoms with Gasteiger partial charge in [0.15, 0.2) is 0 Å². The molecule has 0 unspecified atom stereocenters. The molecule has 0 atom stereocenters. The first-order valence-electron chi connectivity index (χ1n) is 6.05. The highest BCUT2D eigenvalue weighted by Gasteiger charge is 2.05. The fourth-order valence-electron chi connectivity index (χ4n) is 1.71. The van der Waals surface area contributed by atoms with Crippen molar-refractivity contribution in [3.05, 3.63) is 53.9 Å². The van der Waals surface area contributed by atoms with Crippen LogP contribution in [0.2, 0.25) is 0 Å². The summed E-state index contributed by atoms with van der Waals surface area (Å²) in [6, 6.07) is 10.5. The molecule has 0 saturated heterocycles. The van der Waals surface area contributed by atoms with Gasteiger partial charge in [0.05, 0.1) is 11.6 Å². The van der Waals surface area contributed by atoms with Crippen molar-refractivity contribution >= 4 is 5.91 Å². The topological polar surface area (TPSA) is 70.7 Å².